The van der Waals surface area contributed by atoms with Crippen molar-refractivity contribution in [1.29, 1.82) is 0 Å². The van der Waals surface area contributed by atoms with Gasteiger partial charge in [-0.3, -0.25) is 12.9 Å². The van der Waals surface area contributed by atoms with Crippen LogP contribution in [0, 0.1) is 5.92 Å². The van der Waals surface area contributed by atoms with E-state index in [0.29, 0.717) is 78.2 Å². The van der Waals surface area contributed by atoms with Crippen molar-refractivity contribution in [1.82, 2.24) is 0 Å². The Bertz CT molecular complexity index is 5220. The number of rotatable bonds is 12. The summed E-state index contributed by atoms with van der Waals surface area (Å²) in [4.78, 5) is 0.238. The summed E-state index contributed by atoms with van der Waals surface area (Å²) in [6.07, 6.45) is 5.86. The van der Waals surface area contributed by atoms with Crippen LogP contribution in [0.4, 0.5) is 17.1 Å². The highest BCUT2D eigenvalue weighted by molar-refractivity contribution is 8.13. The first-order valence-electron chi connectivity index (χ1n) is 33.4. The molecule has 3 atom stereocenters. The van der Waals surface area contributed by atoms with Crippen molar-refractivity contribution in [2.45, 2.75) is 110 Å². The van der Waals surface area contributed by atoms with Crippen LogP contribution in [0.3, 0.4) is 0 Å². The number of nitrogens with zero attached hydrogens (tertiary/aromatic N) is 3. The number of para-hydroxylation sites is 2. The highest BCUT2D eigenvalue weighted by Crippen LogP contribution is 2.41. The lowest BCUT2D eigenvalue weighted by atomic mass is 10.1. The highest BCUT2D eigenvalue weighted by Gasteiger charge is 2.38. The number of hydrogen-bond donors (Lipinski definition) is 0. The van der Waals surface area contributed by atoms with Crippen molar-refractivity contribution >= 4 is 138 Å². The molecule has 0 spiro atoms. The third-order valence-corrected chi connectivity index (χ3v) is 26.3. The Kier molecular flexibility index (Phi) is 28.8. The lowest BCUT2D eigenvalue weighted by Crippen LogP contribution is -2.36. The van der Waals surface area contributed by atoms with E-state index in [2.05, 4.69) is 31.2 Å². The predicted molar refractivity (Wildman–Crippen MR) is 424 cm³/mol. The molecule has 5 heterocycles. The summed E-state index contributed by atoms with van der Waals surface area (Å²) in [6.45, 7) is 9.71. The van der Waals surface area contributed by atoms with Gasteiger partial charge in [-0.15, -0.1) is 0 Å². The van der Waals surface area contributed by atoms with Crippen LogP contribution >= 0.6 is 51.5 Å². The van der Waals surface area contributed by atoms with Gasteiger partial charge >= 0.3 is 11.4 Å². The summed E-state index contributed by atoms with van der Waals surface area (Å²) in [5.41, 5.74) is 10.5. The molecule has 0 N–H and O–H groups in total. The van der Waals surface area contributed by atoms with Crippen molar-refractivity contribution in [3.63, 3.8) is 0 Å². The predicted octanol–water partition coefficient (Wildman–Crippen LogP) is 15.2. The number of sulfonamides is 3. The van der Waals surface area contributed by atoms with Crippen LogP contribution in [0.15, 0.2) is 233 Å². The second-order valence-electron chi connectivity index (χ2n) is 25.6. The zero-order valence-corrected chi connectivity index (χ0v) is 68.2. The summed E-state index contributed by atoms with van der Waals surface area (Å²) in [5.74, 6) is 2.57. The van der Waals surface area contributed by atoms with Gasteiger partial charge in [0.05, 0.1) is 55.3 Å². The van der Waals surface area contributed by atoms with Gasteiger partial charge in [-0.2, -0.15) is 0 Å². The van der Waals surface area contributed by atoms with E-state index in [1.165, 1.54) is 64.1 Å². The Labute approximate surface area is 648 Å². The SMILES string of the molecule is CC1Cc2cc(S(=O)(=O)c3ccc4c(c3)OCCO4)ccc2N1S(=O)(=O)Cc1ccccc1.CC1Cc2ccccc2C1.CC1Cc2ccccc2N1S(=O)(=O)Cc1ccccc1.CC1Cc2ccccc2N1S(C)(=O)=O.O=S(=O)(Cl)Cc1ccccc1.O=S(=O)(Cl)c1ccc2c(c1)OCCO2.[Cl][Al]([Cl])[Cl]. The maximum atomic E-state index is 13.3. The number of benzene rings is 9. The van der Waals surface area contributed by atoms with Gasteiger partial charge in [0.2, 0.25) is 49.0 Å². The molecule has 0 amide bonds. The monoisotopic (exact) mass is 1670 g/mol. The van der Waals surface area contributed by atoms with Crippen molar-refractivity contribution in [3.05, 3.63) is 263 Å². The van der Waals surface area contributed by atoms with E-state index in [1.807, 2.05) is 112 Å². The Morgan fingerprint density at radius 2 is 0.679 bits per heavy atom. The van der Waals surface area contributed by atoms with Gasteiger partial charge in [0, 0.05) is 51.6 Å². The van der Waals surface area contributed by atoms with Gasteiger partial charge in [0.1, 0.15) is 26.4 Å². The second-order valence-corrected chi connectivity index (χ2v) is 44.9. The zero-order valence-electron chi connectivity index (χ0n) is 58.4. The third-order valence-electron chi connectivity index (χ3n) is 17.2. The number of fused-ring (bicyclic) bond motifs is 6. The Morgan fingerprint density at radius 3 is 1.09 bits per heavy atom. The molecule has 0 saturated heterocycles. The zero-order chi connectivity index (χ0) is 76.8. The molecular formula is C75H79AlCl5N3O16S6. The highest BCUT2D eigenvalue weighted by atomic mass is 35.8. The molecule has 9 aromatic carbocycles. The maximum absolute atomic E-state index is 13.3. The van der Waals surface area contributed by atoms with Gasteiger partial charge in [-0.25, -0.2) is 80.7 Å². The van der Waals surface area contributed by atoms with Crippen LogP contribution < -0.4 is 31.9 Å². The van der Waals surface area contributed by atoms with Gasteiger partial charge in [0.15, 0.2) is 23.0 Å². The smallest absolute Gasteiger partial charge is 0.486 e. The average Bonchev–Trinajstić information content (AvgIpc) is 1.57. The Balaban J connectivity index is 0.000000154. The molecule has 0 aromatic heterocycles. The molecule has 9 aromatic rings. The molecule has 6 aliphatic rings. The molecule has 31 heteroatoms. The fourth-order valence-corrected chi connectivity index (χ4v) is 21.0. The van der Waals surface area contributed by atoms with Crippen LogP contribution in [0.2, 0.25) is 0 Å². The quantitative estimate of drug-likeness (QED) is 0.0814. The number of ether oxygens (including phenoxy) is 4. The van der Waals surface area contributed by atoms with Crippen molar-refractivity contribution < 1.29 is 69.5 Å². The molecule has 0 radical (unpaired) electrons. The molecule has 19 nitrogen and oxygen atoms in total. The van der Waals surface area contributed by atoms with E-state index < -0.39 is 69.4 Å². The van der Waals surface area contributed by atoms with Crippen LogP contribution in [0.5, 0.6) is 23.0 Å². The van der Waals surface area contributed by atoms with E-state index >= 15 is 0 Å². The van der Waals surface area contributed by atoms with Gasteiger partial charge < -0.3 is 18.9 Å². The minimum Gasteiger partial charge on any atom is -0.486 e. The standard InChI is InChI=1S/C24H23NO6S2.C16H17NO2S.C10H13NO2S.C10H12.C8H7ClO4S.C7H7ClO2S.Al.3ClH/c1-17-13-19-14-20(33(28,29)21-8-10-23-24(15-21)31-12-11-30-23)7-9-22(19)25(17)32(26,27)16-18-5-3-2-4-6-18;1-13-11-15-9-5-6-10-16(15)17(13)20(18,19)12-14-7-3-2-4-8-14;1-8-7-9-5-3-4-6-10(9)11(8)14(2,12)13;1-8-6-9-4-2-3-5-10(9)7-8;9-14(10,11)6-1-2-7-8(5-6)13-4-3-12-7;8-11(9,10)6-7-4-2-1-3-5-7;;;;/h2-10,14-15,17H,11-13,16H2,1H3;2-10,13H,11-12H2,1H3;3-6,8H,7H2,1-2H3;2-5,8H,6-7H2,1H3;1-2,5H,3-4H2;1-5H,6H2;;3*1H/q;;;;;;+3;;;/p-3. The van der Waals surface area contributed by atoms with E-state index in [0.717, 1.165) is 46.8 Å². The Hall–Kier alpha value is -6.74. The largest absolute Gasteiger partial charge is 0.643 e. The molecule has 564 valence electrons. The number of sulfone groups is 1. The first kappa shape index (κ1) is 83.3. The van der Waals surface area contributed by atoms with E-state index in [4.69, 9.17) is 70.5 Å². The lowest BCUT2D eigenvalue weighted by Gasteiger charge is -2.24. The molecule has 0 fully saturated rings. The Morgan fingerprint density at radius 1 is 0.358 bits per heavy atom. The minimum atomic E-state index is -3.82. The fourth-order valence-electron chi connectivity index (χ4n) is 12.9. The number of hydrogen-bond acceptors (Lipinski definition) is 16. The molecule has 0 bridgehead atoms. The summed E-state index contributed by atoms with van der Waals surface area (Å²) < 4.78 is 170. The molecule has 1 aliphatic carbocycles. The summed E-state index contributed by atoms with van der Waals surface area (Å²) in [5, 5.41) is 0. The topological polar surface area (TPSA) is 251 Å². The normalized spacial score (nSPS) is 16.7. The summed E-state index contributed by atoms with van der Waals surface area (Å²) >= 11 is -1.72. The van der Waals surface area contributed by atoms with Crippen LogP contribution in [-0.2, 0) is 107 Å². The van der Waals surface area contributed by atoms with Gasteiger partial charge in [-0.05, 0) is 158 Å². The van der Waals surface area contributed by atoms with Gasteiger partial charge in [0.25, 0.3) is 9.05 Å². The third kappa shape index (κ3) is 22.9. The van der Waals surface area contributed by atoms with Crippen molar-refractivity contribution in [3.8, 4) is 23.0 Å². The first-order chi connectivity index (χ1) is 50.1. The fraction of sp³-hybridized carbons (Fsp3) is 0.280. The second kappa shape index (κ2) is 36.6. The van der Waals surface area contributed by atoms with Crippen LogP contribution in [0.1, 0.15) is 72.2 Å². The molecule has 5 aliphatic heterocycles. The van der Waals surface area contributed by atoms with E-state index in [1.54, 1.807) is 82.2 Å². The summed E-state index contributed by atoms with van der Waals surface area (Å²) in [7, 11) is 4.02. The summed E-state index contributed by atoms with van der Waals surface area (Å²) in [6, 6.07) is 64.5. The van der Waals surface area contributed by atoms with Crippen molar-refractivity contribution in [2.24, 2.45) is 5.92 Å². The number of anilines is 3. The first-order valence-corrected chi connectivity index (χ1v) is 50.0. The molecule has 3 unspecified atom stereocenters. The molecular weight excluding hydrogens is 1600 g/mol. The van der Waals surface area contributed by atoms with E-state index in [-0.39, 0.29) is 50.1 Å². The van der Waals surface area contributed by atoms with E-state index in [9.17, 15) is 50.5 Å². The van der Waals surface area contributed by atoms with Crippen LogP contribution in [0.25, 0.3) is 0 Å². The van der Waals surface area contributed by atoms with Gasteiger partial charge in [-0.1, -0.05) is 159 Å². The molecule has 0 saturated carbocycles. The maximum Gasteiger partial charge on any atom is 0.643 e. The number of halogens is 5. The molecule has 106 heavy (non-hydrogen) atoms. The minimum absolute atomic E-state index is 0.0129. The van der Waals surface area contributed by atoms with Crippen molar-refractivity contribution in [2.75, 3.05) is 45.6 Å². The molecule has 15 rings (SSSR count). The lowest BCUT2D eigenvalue weighted by molar-refractivity contribution is 0.171. The van der Waals surface area contributed by atoms with Crippen LogP contribution in [-0.4, -0.2) is 113 Å². The average molecular weight is 1680 g/mol.